The first-order valence-corrected chi connectivity index (χ1v) is 9.72. The molecule has 7 nitrogen and oxygen atoms in total. The van der Waals surface area contributed by atoms with Gasteiger partial charge in [-0.2, -0.15) is 18.2 Å². The van der Waals surface area contributed by atoms with Crippen molar-refractivity contribution in [3.63, 3.8) is 0 Å². The lowest BCUT2D eigenvalue weighted by Crippen LogP contribution is -2.39. The quantitative estimate of drug-likeness (QED) is 0.733. The van der Waals surface area contributed by atoms with E-state index in [4.69, 9.17) is 9.26 Å². The molecule has 10 heteroatoms. The monoisotopic (exact) mass is 426 g/mol. The molecule has 0 saturated carbocycles. The van der Waals surface area contributed by atoms with Gasteiger partial charge in [0.25, 0.3) is 0 Å². The van der Waals surface area contributed by atoms with Crippen molar-refractivity contribution in [2.75, 3.05) is 26.2 Å². The average Bonchev–Trinajstić information content (AvgIpc) is 2.97. The van der Waals surface area contributed by atoms with Crippen LogP contribution in [0.2, 0.25) is 0 Å². The molecule has 1 aliphatic rings. The molecule has 1 aromatic carbocycles. The predicted octanol–water partition coefficient (Wildman–Crippen LogP) is 4.20. The molecule has 1 aliphatic heterocycles. The van der Waals surface area contributed by atoms with Crippen molar-refractivity contribution >= 4 is 6.09 Å². The van der Waals surface area contributed by atoms with Gasteiger partial charge in [-0.1, -0.05) is 17.3 Å². The first-order chi connectivity index (χ1) is 14.0. The highest BCUT2D eigenvalue weighted by Gasteiger charge is 2.31. The lowest BCUT2D eigenvalue weighted by Gasteiger charge is -2.26. The zero-order valence-electron chi connectivity index (χ0n) is 17.2. The minimum absolute atomic E-state index is 0.112. The summed E-state index contributed by atoms with van der Waals surface area (Å²) in [7, 11) is 0. The Morgan fingerprint density at radius 2 is 1.93 bits per heavy atom. The van der Waals surface area contributed by atoms with E-state index >= 15 is 0 Å². The van der Waals surface area contributed by atoms with Crippen LogP contribution in [0.25, 0.3) is 11.4 Å². The largest absolute Gasteiger partial charge is 0.444 e. The van der Waals surface area contributed by atoms with E-state index in [1.807, 2.05) is 20.8 Å². The molecule has 0 bridgehead atoms. The van der Waals surface area contributed by atoms with Gasteiger partial charge in [0.1, 0.15) is 5.60 Å². The molecule has 0 N–H and O–H groups in total. The molecular weight excluding hydrogens is 401 g/mol. The van der Waals surface area contributed by atoms with Crippen molar-refractivity contribution in [3.8, 4) is 11.4 Å². The fourth-order valence-electron chi connectivity index (χ4n) is 3.10. The van der Waals surface area contributed by atoms with E-state index in [1.165, 1.54) is 12.1 Å². The van der Waals surface area contributed by atoms with E-state index in [0.717, 1.165) is 25.1 Å². The molecule has 2 heterocycles. The van der Waals surface area contributed by atoms with Crippen molar-refractivity contribution in [1.82, 2.24) is 19.9 Å². The summed E-state index contributed by atoms with van der Waals surface area (Å²) < 4.78 is 49.4. The van der Waals surface area contributed by atoms with Crippen LogP contribution in [0, 0.1) is 0 Å². The molecule has 3 rings (SSSR count). The van der Waals surface area contributed by atoms with Crippen LogP contribution in [0.1, 0.15) is 38.6 Å². The van der Waals surface area contributed by atoms with Gasteiger partial charge >= 0.3 is 12.3 Å². The van der Waals surface area contributed by atoms with Gasteiger partial charge in [0, 0.05) is 31.7 Å². The molecule has 1 aromatic heterocycles. The standard InChI is InChI=1S/C20H25F3N4O3/c1-19(2,3)29-18(28)27-9-5-8-26(10-11-27)13-16-24-17(25-30-16)14-6-4-7-15(12-14)20(21,22)23/h4,6-7,12H,5,8-11,13H2,1-3H3. The Morgan fingerprint density at radius 1 is 1.17 bits per heavy atom. The predicted molar refractivity (Wildman–Crippen MR) is 102 cm³/mol. The number of benzene rings is 1. The smallest absolute Gasteiger partial charge is 0.416 e. The molecule has 2 aromatic rings. The first-order valence-electron chi connectivity index (χ1n) is 9.72. The number of carbonyl (C=O) groups excluding carboxylic acids is 1. The lowest BCUT2D eigenvalue weighted by molar-refractivity contribution is -0.137. The number of aromatic nitrogens is 2. The second kappa shape index (κ2) is 8.63. The van der Waals surface area contributed by atoms with Crippen LogP contribution in [0.4, 0.5) is 18.0 Å². The number of ether oxygens (including phenoxy) is 1. The maximum absolute atomic E-state index is 12.9. The fraction of sp³-hybridized carbons (Fsp3) is 0.550. The number of carbonyl (C=O) groups is 1. The third kappa shape index (κ3) is 5.94. The molecule has 1 saturated heterocycles. The zero-order chi connectivity index (χ0) is 21.9. The van der Waals surface area contributed by atoms with Crippen LogP contribution in [0.3, 0.4) is 0 Å². The Hall–Kier alpha value is -2.62. The SMILES string of the molecule is CC(C)(C)OC(=O)N1CCCN(Cc2nc(-c3cccc(C(F)(F)F)c3)no2)CC1. The summed E-state index contributed by atoms with van der Waals surface area (Å²) in [5.41, 5.74) is -1.07. The molecule has 0 radical (unpaired) electrons. The molecule has 30 heavy (non-hydrogen) atoms. The van der Waals surface area contributed by atoms with Crippen LogP contribution in [0.5, 0.6) is 0 Å². The molecular formula is C20H25F3N4O3. The summed E-state index contributed by atoms with van der Waals surface area (Å²) in [4.78, 5) is 20.2. The van der Waals surface area contributed by atoms with E-state index in [9.17, 15) is 18.0 Å². The average molecular weight is 426 g/mol. The van der Waals surface area contributed by atoms with Gasteiger partial charge < -0.3 is 14.2 Å². The van der Waals surface area contributed by atoms with Gasteiger partial charge in [-0.25, -0.2) is 4.79 Å². The van der Waals surface area contributed by atoms with E-state index < -0.39 is 17.3 Å². The van der Waals surface area contributed by atoms with Gasteiger partial charge in [0.15, 0.2) is 0 Å². The van der Waals surface area contributed by atoms with Crippen molar-refractivity contribution in [3.05, 3.63) is 35.7 Å². The summed E-state index contributed by atoms with van der Waals surface area (Å²) in [5.74, 6) is 0.425. The van der Waals surface area contributed by atoms with Crippen LogP contribution in [-0.2, 0) is 17.5 Å². The summed E-state index contributed by atoms with van der Waals surface area (Å²) in [6, 6.07) is 4.82. The van der Waals surface area contributed by atoms with Crippen LogP contribution < -0.4 is 0 Å². The Kier molecular flexibility index (Phi) is 6.35. The van der Waals surface area contributed by atoms with Crippen molar-refractivity contribution < 1.29 is 27.2 Å². The molecule has 0 atom stereocenters. The Labute approximate surface area is 172 Å². The Morgan fingerprint density at radius 3 is 2.63 bits per heavy atom. The molecule has 0 aliphatic carbocycles. The highest BCUT2D eigenvalue weighted by atomic mass is 19.4. The van der Waals surface area contributed by atoms with Crippen molar-refractivity contribution in [2.24, 2.45) is 0 Å². The normalized spacial score (nSPS) is 16.4. The van der Waals surface area contributed by atoms with Crippen LogP contribution >= 0.6 is 0 Å². The molecule has 0 unspecified atom stereocenters. The number of rotatable bonds is 3. The van der Waals surface area contributed by atoms with Crippen LogP contribution in [0.15, 0.2) is 28.8 Å². The number of hydrogen-bond acceptors (Lipinski definition) is 6. The minimum atomic E-state index is -4.44. The summed E-state index contributed by atoms with van der Waals surface area (Å²) >= 11 is 0. The lowest BCUT2D eigenvalue weighted by atomic mass is 10.1. The van der Waals surface area contributed by atoms with Gasteiger partial charge in [0.2, 0.25) is 11.7 Å². The van der Waals surface area contributed by atoms with Gasteiger partial charge in [-0.3, -0.25) is 4.90 Å². The molecule has 0 spiro atoms. The zero-order valence-corrected chi connectivity index (χ0v) is 17.2. The molecule has 1 amide bonds. The topological polar surface area (TPSA) is 71.7 Å². The third-order valence-corrected chi connectivity index (χ3v) is 4.52. The third-order valence-electron chi connectivity index (χ3n) is 4.52. The first kappa shape index (κ1) is 22.1. The summed E-state index contributed by atoms with van der Waals surface area (Å²) in [6.07, 6.45) is -4.02. The molecule has 1 fully saturated rings. The van der Waals surface area contributed by atoms with E-state index in [1.54, 1.807) is 4.90 Å². The van der Waals surface area contributed by atoms with E-state index in [0.29, 0.717) is 32.1 Å². The van der Waals surface area contributed by atoms with Crippen molar-refractivity contribution in [2.45, 2.75) is 45.5 Å². The summed E-state index contributed by atoms with van der Waals surface area (Å²) in [6.45, 7) is 8.25. The Balaban J connectivity index is 1.61. The van der Waals surface area contributed by atoms with E-state index in [2.05, 4.69) is 15.0 Å². The van der Waals surface area contributed by atoms with Crippen molar-refractivity contribution in [1.29, 1.82) is 0 Å². The number of halogens is 3. The number of alkyl halides is 3. The maximum atomic E-state index is 12.9. The number of nitrogens with zero attached hydrogens (tertiary/aromatic N) is 4. The maximum Gasteiger partial charge on any atom is 0.416 e. The second-order valence-corrected chi connectivity index (χ2v) is 8.19. The van der Waals surface area contributed by atoms with Crippen LogP contribution in [-0.4, -0.2) is 57.8 Å². The molecule has 164 valence electrons. The van der Waals surface area contributed by atoms with Gasteiger partial charge in [-0.15, -0.1) is 0 Å². The fourth-order valence-corrected chi connectivity index (χ4v) is 3.10. The van der Waals surface area contributed by atoms with Gasteiger partial charge in [-0.05, 0) is 39.3 Å². The number of amides is 1. The summed E-state index contributed by atoms with van der Waals surface area (Å²) in [5, 5.41) is 3.82. The minimum Gasteiger partial charge on any atom is -0.444 e. The second-order valence-electron chi connectivity index (χ2n) is 8.19. The van der Waals surface area contributed by atoms with E-state index in [-0.39, 0.29) is 17.5 Å². The Bertz CT molecular complexity index is 877. The number of hydrogen-bond donors (Lipinski definition) is 0. The highest BCUT2D eigenvalue weighted by Crippen LogP contribution is 2.31. The highest BCUT2D eigenvalue weighted by molar-refractivity contribution is 5.68. The van der Waals surface area contributed by atoms with Gasteiger partial charge in [0.05, 0.1) is 12.1 Å².